The third kappa shape index (κ3) is 5.58. The Morgan fingerprint density at radius 2 is 1.90 bits per heavy atom. The van der Waals surface area contributed by atoms with E-state index in [1.165, 1.54) is 18.9 Å². The van der Waals surface area contributed by atoms with Gasteiger partial charge in [0.1, 0.15) is 12.4 Å². The van der Waals surface area contributed by atoms with Crippen LogP contribution in [0.1, 0.15) is 21.7 Å². The number of thioether (sulfide) groups is 1. The second-order valence-corrected chi connectivity index (χ2v) is 6.94. The van der Waals surface area contributed by atoms with Gasteiger partial charge in [0, 0.05) is 0 Å². The van der Waals surface area contributed by atoms with Crippen LogP contribution >= 0.6 is 11.8 Å². The summed E-state index contributed by atoms with van der Waals surface area (Å²) in [5.74, 6) is 0.634. The number of aromatic nitrogens is 3. The van der Waals surface area contributed by atoms with Crippen LogP contribution in [0.4, 0.5) is 5.69 Å². The first kappa shape index (κ1) is 20.4. The molecule has 0 spiro atoms. The van der Waals surface area contributed by atoms with Crippen molar-refractivity contribution in [2.75, 3.05) is 18.2 Å². The van der Waals surface area contributed by atoms with E-state index >= 15 is 0 Å². The molecule has 0 aliphatic rings. The number of carbonyl (C=O) groups excluding carboxylic acids is 2. The van der Waals surface area contributed by atoms with E-state index in [-0.39, 0.29) is 18.3 Å². The summed E-state index contributed by atoms with van der Waals surface area (Å²) in [6.45, 7) is 2.21. The van der Waals surface area contributed by atoms with Gasteiger partial charge in [-0.2, -0.15) is 0 Å². The molecule has 0 saturated heterocycles. The molecular formula is C20H20N4O4S. The summed E-state index contributed by atoms with van der Waals surface area (Å²) in [5, 5.41) is 10.0. The summed E-state index contributed by atoms with van der Waals surface area (Å²) in [7, 11) is 1.29. The van der Waals surface area contributed by atoms with Crippen molar-refractivity contribution in [3.63, 3.8) is 0 Å². The maximum Gasteiger partial charge on any atom is 0.339 e. The molecule has 0 radical (unpaired) electrons. The minimum Gasteiger partial charge on any atom is -0.485 e. The highest BCUT2D eigenvalue weighted by Crippen LogP contribution is 2.19. The minimum atomic E-state index is -0.513. The predicted octanol–water partition coefficient (Wildman–Crippen LogP) is 3.21. The second kappa shape index (κ2) is 9.74. The molecule has 3 rings (SSSR count). The predicted molar refractivity (Wildman–Crippen MR) is 109 cm³/mol. The molecule has 1 heterocycles. The third-order valence-electron chi connectivity index (χ3n) is 3.91. The Hall–Kier alpha value is -3.33. The summed E-state index contributed by atoms with van der Waals surface area (Å²) in [6, 6.07) is 14.4. The molecule has 2 N–H and O–H groups in total. The molecule has 3 aromatic rings. The van der Waals surface area contributed by atoms with Gasteiger partial charge in [0.25, 0.3) is 0 Å². The summed E-state index contributed by atoms with van der Waals surface area (Å²) < 4.78 is 10.4. The monoisotopic (exact) mass is 412 g/mol. The topological polar surface area (TPSA) is 106 Å². The number of benzene rings is 2. The van der Waals surface area contributed by atoms with E-state index in [0.29, 0.717) is 22.2 Å². The molecule has 2 aromatic carbocycles. The Morgan fingerprint density at radius 1 is 1.14 bits per heavy atom. The maximum absolute atomic E-state index is 12.2. The first-order chi connectivity index (χ1) is 14.1. The number of carbonyl (C=O) groups is 2. The number of aryl methyl sites for hydroxylation is 1. The maximum atomic E-state index is 12.2. The van der Waals surface area contributed by atoms with Gasteiger partial charge < -0.3 is 14.8 Å². The number of hydrogen-bond donors (Lipinski definition) is 2. The number of ether oxygens (including phenoxy) is 2. The lowest BCUT2D eigenvalue weighted by Gasteiger charge is -2.08. The van der Waals surface area contributed by atoms with E-state index in [4.69, 9.17) is 9.47 Å². The SMILES string of the molecule is COC(=O)c1ccccc1NC(=O)CSc1n[nH]c(COc2ccccc2C)n1. The molecule has 0 aliphatic carbocycles. The zero-order valence-corrected chi connectivity index (χ0v) is 16.8. The van der Waals surface area contributed by atoms with Crippen molar-refractivity contribution < 1.29 is 19.1 Å². The van der Waals surface area contributed by atoms with Crippen molar-refractivity contribution in [1.29, 1.82) is 0 Å². The lowest BCUT2D eigenvalue weighted by atomic mass is 10.2. The van der Waals surface area contributed by atoms with Crippen molar-refractivity contribution in [3.05, 3.63) is 65.5 Å². The first-order valence-corrected chi connectivity index (χ1v) is 9.75. The van der Waals surface area contributed by atoms with Crippen LogP contribution in [0.15, 0.2) is 53.7 Å². The van der Waals surface area contributed by atoms with Gasteiger partial charge in [0.2, 0.25) is 11.1 Å². The highest BCUT2D eigenvalue weighted by molar-refractivity contribution is 7.99. The van der Waals surface area contributed by atoms with Crippen molar-refractivity contribution >= 4 is 29.3 Å². The normalized spacial score (nSPS) is 10.4. The Kier molecular flexibility index (Phi) is 6.85. The standard InChI is InChI=1S/C20H20N4O4S/c1-13-7-3-6-10-16(13)28-11-17-22-20(24-23-17)29-12-18(25)21-15-9-5-4-8-14(15)19(26)27-2/h3-10H,11-12H2,1-2H3,(H,21,25)(H,22,23,24). The smallest absolute Gasteiger partial charge is 0.339 e. The Labute approximate surface area is 172 Å². The Balaban J connectivity index is 1.51. The van der Waals surface area contributed by atoms with Crippen molar-refractivity contribution in [2.24, 2.45) is 0 Å². The highest BCUT2D eigenvalue weighted by atomic mass is 32.2. The molecule has 0 bridgehead atoms. The van der Waals surface area contributed by atoms with Crippen molar-refractivity contribution in [2.45, 2.75) is 18.7 Å². The number of rotatable bonds is 8. The van der Waals surface area contributed by atoms with E-state index in [9.17, 15) is 9.59 Å². The largest absolute Gasteiger partial charge is 0.485 e. The van der Waals surface area contributed by atoms with Crippen molar-refractivity contribution in [3.8, 4) is 5.75 Å². The zero-order valence-electron chi connectivity index (χ0n) is 16.0. The van der Waals surface area contributed by atoms with Crippen LogP contribution in [-0.2, 0) is 16.1 Å². The molecule has 0 saturated carbocycles. The fraction of sp³-hybridized carbons (Fsp3) is 0.200. The van der Waals surface area contributed by atoms with Gasteiger partial charge >= 0.3 is 5.97 Å². The molecule has 1 amide bonds. The number of anilines is 1. The number of aromatic amines is 1. The van der Waals surface area contributed by atoms with E-state index in [2.05, 4.69) is 20.5 Å². The minimum absolute atomic E-state index is 0.0887. The van der Waals surface area contributed by atoms with Gasteiger partial charge in [-0.05, 0) is 30.7 Å². The average molecular weight is 412 g/mol. The van der Waals surface area contributed by atoms with Crippen LogP contribution in [0.5, 0.6) is 5.75 Å². The number of methoxy groups -OCH3 is 1. The van der Waals surface area contributed by atoms with Gasteiger partial charge in [-0.15, -0.1) is 5.10 Å². The fourth-order valence-electron chi connectivity index (χ4n) is 2.47. The number of hydrogen-bond acceptors (Lipinski definition) is 7. The number of H-pyrrole nitrogens is 1. The number of para-hydroxylation sites is 2. The second-order valence-electron chi connectivity index (χ2n) is 5.99. The lowest BCUT2D eigenvalue weighted by Crippen LogP contribution is -2.17. The highest BCUT2D eigenvalue weighted by Gasteiger charge is 2.14. The number of nitrogens with one attached hydrogen (secondary N) is 2. The lowest BCUT2D eigenvalue weighted by molar-refractivity contribution is -0.113. The number of amides is 1. The molecule has 0 unspecified atom stereocenters. The summed E-state index contributed by atoms with van der Waals surface area (Å²) >= 11 is 1.18. The quantitative estimate of drug-likeness (QED) is 0.432. The van der Waals surface area contributed by atoms with Crippen LogP contribution in [0.25, 0.3) is 0 Å². The van der Waals surface area contributed by atoms with Crippen LogP contribution in [-0.4, -0.2) is 39.9 Å². The van der Waals surface area contributed by atoms with Gasteiger partial charge in [-0.25, -0.2) is 9.78 Å². The van der Waals surface area contributed by atoms with Gasteiger partial charge in [0.15, 0.2) is 5.82 Å². The number of esters is 1. The Bertz CT molecular complexity index is 1010. The molecule has 9 heteroatoms. The molecule has 8 nitrogen and oxygen atoms in total. The molecule has 1 aromatic heterocycles. The molecule has 150 valence electrons. The van der Waals surface area contributed by atoms with E-state index in [0.717, 1.165) is 11.3 Å². The van der Waals surface area contributed by atoms with Crippen LogP contribution < -0.4 is 10.1 Å². The summed E-state index contributed by atoms with van der Waals surface area (Å²) in [4.78, 5) is 28.3. The van der Waals surface area contributed by atoms with Crippen LogP contribution in [0.3, 0.4) is 0 Å². The molecule has 0 atom stereocenters. The Morgan fingerprint density at radius 3 is 2.69 bits per heavy atom. The molecular weight excluding hydrogens is 392 g/mol. The van der Waals surface area contributed by atoms with Crippen LogP contribution in [0.2, 0.25) is 0 Å². The summed E-state index contributed by atoms with van der Waals surface area (Å²) in [6.07, 6.45) is 0. The zero-order chi connectivity index (χ0) is 20.6. The van der Waals surface area contributed by atoms with E-state index in [1.807, 2.05) is 31.2 Å². The molecule has 0 aliphatic heterocycles. The van der Waals surface area contributed by atoms with Crippen molar-refractivity contribution in [1.82, 2.24) is 15.2 Å². The van der Waals surface area contributed by atoms with E-state index in [1.54, 1.807) is 24.3 Å². The third-order valence-corrected chi connectivity index (χ3v) is 4.76. The average Bonchev–Trinajstić information content (AvgIpc) is 3.19. The summed E-state index contributed by atoms with van der Waals surface area (Å²) in [5.41, 5.74) is 1.72. The molecule has 29 heavy (non-hydrogen) atoms. The van der Waals surface area contributed by atoms with E-state index < -0.39 is 5.97 Å². The van der Waals surface area contributed by atoms with Crippen LogP contribution in [0, 0.1) is 6.92 Å². The molecule has 0 fully saturated rings. The number of nitrogens with zero attached hydrogens (tertiary/aromatic N) is 2. The van der Waals surface area contributed by atoms with Gasteiger partial charge in [-0.1, -0.05) is 42.1 Å². The van der Waals surface area contributed by atoms with Gasteiger partial charge in [0.05, 0.1) is 24.1 Å². The first-order valence-electron chi connectivity index (χ1n) is 8.76. The fourth-order valence-corrected chi connectivity index (χ4v) is 3.09. The van der Waals surface area contributed by atoms with Gasteiger partial charge in [-0.3, -0.25) is 9.89 Å².